The fourth-order valence-corrected chi connectivity index (χ4v) is 6.15. The molecule has 4 heterocycles. The number of thiophene rings is 1. The van der Waals surface area contributed by atoms with Crippen molar-refractivity contribution in [1.29, 1.82) is 0 Å². The number of rotatable bonds is 6. The Morgan fingerprint density at radius 2 is 1.81 bits per heavy atom. The van der Waals surface area contributed by atoms with Crippen LogP contribution < -0.4 is 10.6 Å². The zero-order chi connectivity index (χ0) is 25.4. The normalized spacial score (nSPS) is 20.9. The van der Waals surface area contributed by atoms with Crippen LogP contribution in [0.1, 0.15) is 68.3 Å². The lowest BCUT2D eigenvalue weighted by atomic mass is 9.89. The van der Waals surface area contributed by atoms with Gasteiger partial charge in [0.15, 0.2) is 0 Å². The second-order valence-electron chi connectivity index (χ2n) is 9.66. The molecule has 188 valence electrons. The summed E-state index contributed by atoms with van der Waals surface area (Å²) in [5.74, 6) is -1.87. The van der Waals surface area contributed by atoms with Gasteiger partial charge in [-0.25, -0.2) is 0 Å². The highest BCUT2D eigenvalue weighted by molar-refractivity contribution is 7.10. The summed E-state index contributed by atoms with van der Waals surface area (Å²) in [6, 6.07) is 6.63. The number of hydrogen-bond donors (Lipinski definition) is 2. The summed E-state index contributed by atoms with van der Waals surface area (Å²) in [6.07, 6.45) is 2.65. The van der Waals surface area contributed by atoms with E-state index >= 15 is 0 Å². The number of ketones is 1. The number of likely N-dealkylation sites (tertiary alicyclic amines) is 1. The van der Waals surface area contributed by atoms with E-state index < -0.39 is 23.6 Å². The van der Waals surface area contributed by atoms with Gasteiger partial charge in [0.25, 0.3) is 11.8 Å². The smallest absolute Gasteiger partial charge is 0.292 e. The first-order valence-electron chi connectivity index (χ1n) is 12.2. The van der Waals surface area contributed by atoms with E-state index in [2.05, 4.69) is 22.6 Å². The van der Waals surface area contributed by atoms with Crippen LogP contribution in [0.4, 0.5) is 0 Å². The number of amides is 4. The van der Waals surface area contributed by atoms with Crippen molar-refractivity contribution in [2.45, 2.75) is 50.7 Å². The minimum atomic E-state index is -0.699. The molecule has 4 amide bonds. The van der Waals surface area contributed by atoms with Gasteiger partial charge in [-0.05, 0) is 56.4 Å². The number of carbonyl (C=O) groups excluding carboxylic acids is 5. The van der Waals surface area contributed by atoms with Crippen molar-refractivity contribution in [2.24, 2.45) is 0 Å². The second kappa shape index (κ2) is 9.94. The first-order chi connectivity index (χ1) is 17.3. The van der Waals surface area contributed by atoms with Gasteiger partial charge in [0.1, 0.15) is 6.04 Å². The molecular formula is C26H28N4O5S. The number of imide groups is 1. The minimum absolute atomic E-state index is 0.120. The number of nitrogens with one attached hydrogen (secondary N) is 2. The van der Waals surface area contributed by atoms with Gasteiger partial charge < -0.3 is 15.1 Å². The SMILES string of the molecule is CN1CCC(c2ccc(C(=O)C(=O)NCc3scc4c3CN(C3CCC(=O)NC3=O)C4=O)cc2)CC1. The number of hydrogen-bond acceptors (Lipinski definition) is 7. The molecule has 1 aromatic carbocycles. The summed E-state index contributed by atoms with van der Waals surface area (Å²) in [5, 5.41) is 6.69. The van der Waals surface area contributed by atoms with Crippen LogP contribution in [0.15, 0.2) is 29.6 Å². The van der Waals surface area contributed by atoms with Crippen LogP contribution >= 0.6 is 11.3 Å². The molecule has 1 aromatic heterocycles. The molecule has 1 unspecified atom stereocenters. The largest absolute Gasteiger partial charge is 0.344 e. The van der Waals surface area contributed by atoms with Gasteiger partial charge in [-0.1, -0.05) is 24.3 Å². The molecule has 0 aliphatic carbocycles. The third-order valence-electron chi connectivity index (χ3n) is 7.37. The predicted molar refractivity (Wildman–Crippen MR) is 132 cm³/mol. The Morgan fingerprint density at radius 1 is 1.08 bits per heavy atom. The van der Waals surface area contributed by atoms with Gasteiger partial charge in [-0.2, -0.15) is 0 Å². The number of fused-ring (bicyclic) bond motifs is 1. The monoisotopic (exact) mass is 508 g/mol. The summed E-state index contributed by atoms with van der Waals surface area (Å²) < 4.78 is 0. The number of nitrogens with zero attached hydrogens (tertiary/aromatic N) is 2. The first kappa shape index (κ1) is 24.3. The molecule has 2 fully saturated rings. The third kappa shape index (κ3) is 4.70. The Hall–Kier alpha value is -3.37. The van der Waals surface area contributed by atoms with Crippen molar-refractivity contribution in [3.05, 3.63) is 56.8 Å². The maximum Gasteiger partial charge on any atom is 0.292 e. The minimum Gasteiger partial charge on any atom is -0.344 e. The van der Waals surface area contributed by atoms with Crippen molar-refractivity contribution in [3.63, 3.8) is 0 Å². The van der Waals surface area contributed by atoms with Crippen LogP contribution in [0.2, 0.25) is 0 Å². The van der Waals surface area contributed by atoms with E-state index in [0.29, 0.717) is 23.5 Å². The maximum absolute atomic E-state index is 12.8. The van der Waals surface area contributed by atoms with Crippen LogP contribution in [0.5, 0.6) is 0 Å². The van der Waals surface area contributed by atoms with E-state index in [9.17, 15) is 24.0 Å². The molecule has 36 heavy (non-hydrogen) atoms. The van der Waals surface area contributed by atoms with E-state index in [-0.39, 0.29) is 31.3 Å². The van der Waals surface area contributed by atoms with Crippen LogP contribution in [-0.4, -0.2) is 65.4 Å². The summed E-state index contributed by atoms with van der Waals surface area (Å²) in [7, 11) is 2.12. The Kier molecular flexibility index (Phi) is 6.72. The van der Waals surface area contributed by atoms with Gasteiger partial charge in [-0.3, -0.25) is 29.3 Å². The van der Waals surface area contributed by atoms with Crippen LogP contribution in [0, 0.1) is 0 Å². The third-order valence-corrected chi connectivity index (χ3v) is 8.39. The Bertz CT molecular complexity index is 1230. The van der Waals surface area contributed by atoms with E-state index in [0.717, 1.165) is 36.4 Å². The lowest BCUT2D eigenvalue weighted by Gasteiger charge is -2.29. The number of Topliss-reactive ketones (excluding diaryl/α,β-unsaturated/α-hetero) is 1. The van der Waals surface area contributed by atoms with Gasteiger partial charge in [-0.15, -0.1) is 11.3 Å². The highest BCUT2D eigenvalue weighted by atomic mass is 32.1. The molecule has 2 saturated heterocycles. The molecule has 3 aliphatic rings. The Morgan fingerprint density at radius 3 is 2.50 bits per heavy atom. The predicted octanol–water partition coefficient (Wildman–Crippen LogP) is 1.82. The molecule has 10 heteroatoms. The molecule has 5 rings (SSSR count). The molecule has 9 nitrogen and oxygen atoms in total. The lowest BCUT2D eigenvalue weighted by Crippen LogP contribution is -2.52. The van der Waals surface area contributed by atoms with Crippen LogP contribution in [0.25, 0.3) is 0 Å². The summed E-state index contributed by atoms with van der Waals surface area (Å²) >= 11 is 1.34. The zero-order valence-corrected chi connectivity index (χ0v) is 20.9. The van der Waals surface area contributed by atoms with Gasteiger partial charge in [0.05, 0.1) is 12.1 Å². The van der Waals surface area contributed by atoms with E-state index in [1.54, 1.807) is 17.5 Å². The number of benzene rings is 1. The van der Waals surface area contributed by atoms with Crippen molar-refractivity contribution in [2.75, 3.05) is 20.1 Å². The molecule has 2 aromatic rings. The lowest BCUT2D eigenvalue weighted by molar-refractivity contribution is -0.136. The molecular weight excluding hydrogens is 480 g/mol. The molecule has 0 saturated carbocycles. The number of piperidine rings is 2. The number of carbonyl (C=O) groups is 5. The van der Waals surface area contributed by atoms with Crippen molar-refractivity contribution in [1.82, 2.24) is 20.4 Å². The quantitative estimate of drug-likeness (QED) is 0.349. The van der Waals surface area contributed by atoms with Crippen LogP contribution in [0.3, 0.4) is 0 Å². The average molecular weight is 509 g/mol. The second-order valence-corrected chi connectivity index (χ2v) is 10.6. The molecule has 2 N–H and O–H groups in total. The first-order valence-corrected chi connectivity index (χ1v) is 13.0. The fraction of sp³-hybridized carbons (Fsp3) is 0.423. The maximum atomic E-state index is 12.8. The molecule has 0 bridgehead atoms. The Balaban J connectivity index is 1.19. The van der Waals surface area contributed by atoms with Crippen molar-refractivity contribution >= 4 is 40.7 Å². The summed E-state index contributed by atoms with van der Waals surface area (Å²) in [6.45, 7) is 2.46. The van der Waals surface area contributed by atoms with Gasteiger partial charge in [0, 0.05) is 28.8 Å². The van der Waals surface area contributed by atoms with Crippen LogP contribution in [-0.2, 0) is 27.5 Å². The van der Waals surface area contributed by atoms with E-state index in [4.69, 9.17) is 0 Å². The summed E-state index contributed by atoms with van der Waals surface area (Å²) in [5.41, 5.74) is 2.80. The highest BCUT2D eigenvalue weighted by Crippen LogP contribution is 2.34. The molecule has 1 atom stereocenters. The average Bonchev–Trinajstić information content (AvgIpc) is 3.42. The van der Waals surface area contributed by atoms with Gasteiger partial charge >= 0.3 is 0 Å². The fourth-order valence-electron chi connectivity index (χ4n) is 5.17. The van der Waals surface area contributed by atoms with Crippen molar-refractivity contribution in [3.8, 4) is 0 Å². The zero-order valence-electron chi connectivity index (χ0n) is 20.0. The Labute approximate surface area is 212 Å². The molecule has 0 spiro atoms. The summed E-state index contributed by atoms with van der Waals surface area (Å²) in [4.78, 5) is 66.3. The van der Waals surface area contributed by atoms with Gasteiger partial charge in [0.2, 0.25) is 17.6 Å². The van der Waals surface area contributed by atoms with Crippen molar-refractivity contribution < 1.29 is 24.0 Å². The van der Waals surface area contributed by atoms with E-state index in [1.165, 1.54) is 21.8 Å². The standard InChI is InChI=1S/C26H28N4O5S/c1-29-10-8-16(9-11-29)15-2-4-17(5-3-15)23(32)25(34)27-12-21-18-13-30(26(35)19(18)14-36-21)20-6-7-22(31)28-24(20)33/h2-5,14,16,20H,6-13H2,1H3,(H,27,34)(H,28,31,33). The molecule has 3 aliphatic heterocycles. The topological polar surface area (TPSA) is 116 Å². The highest BCUT2D eigenvalue weighted by Gasteiger charge is 2.40. The molecule has 0 radical (unpaired) electrons. The van der Waals surface area contributed by atoms with E-state index in [1.807, 2.05) is 12.1 Å².